The Bertz CT molecular complexity index is 347. The van der Waals surface area contributed by atoms with Crippen LogP contribution in [0.15, 0.2) is 0 Å². The summed E-state index contributed by atoms with van der Waals surface area (Å²) in [6, 6.07) is 2.15. The van der Waals surface area contributed by atoms with Crippen LogP contribution in [0, 0.1) is 11.3 Å². The van der Waals surface area contributed by atoms with Crippen LogP contribution in [0.4, 0.5) is 0 Å². The molecule has 5 heteroatoms. The largest absolute Gasteiger partial charge is 0.215 e. The first-order valence-electron chi connectivity index (χ1n) is 7.96. The zero-order chi connectivity index (χ0) is 15.1. The van der Waals surface area contributed by atoms with Crippen molar-refractivity contribution in [1.82, 2.24) is 4.72 Å². The molecule has 0 rings (SSSR count). The topological polar surface area (TPSA) is 70.0 Å². The summed E-state index contributed by atoms with van der Waals surface area (Å²) < 4.78 is 25.9. The van der Waals surface area contributed by atoms with E-state index in [1.807, 2.05) is 0 Å². The Balaban J connectivity index is 3.32. The van der Waals surface area contributed by atoms with Gasteiger partial charge in [0.25, 0.3) is 0 Å². The van der Waals surface area contributed by atoms with Crippen LogP contribution in [0.25, 0.3) is 0 Å². The van der Waals surface area contributed by atoms with Crippen LogP contribution in [-0.4, -0.2) is 20.7 Å². The minimum absolute atomic E-state index is 0.264. The zero-order valence-corrected chi connectivity index (χ0v) is 13.7. The van der Waals surface area contributed by atoms with E-state index in [9.17, 15) is 8.42 Å². The van der Waals surface area contributed by atoms with Crippen molar-refractivity contribution in [1.29, 1.82) is 5.26 Å². The standard InChI is InChI=1S/C15H30N2O2S/c1-2-3-12-15-20(18,19)17-14-11-9-7-5-4-6-8-10-13-16/h17H,2-12,14-15H2,1H3. The molecule has 0 aliphatic heterocycles. The molecule has 0 spiro atoms. The number of hydrogen-bond donors (Lipinski definition) is 1. The Labute approximate surface area is 125 Å². The molecule has 0 saturated heterocycles. The minimum Gasteiger partial charge on any atom is -0.215 e. The highest BCUT2D eigenvalue weighted by Gasteiger charge is 2.07. The van der Waals surface area contributed by atoms with E-state index in [4.69, 9.17) is 5.26 Å². The molecule has 0 unspecified atom stereocenters. The normalized spacial score (nSPS) is 11.4. The lowest BCUT2D eigenvalue weighted by molar-refractivity contribution is 0.559. The molecule has 0 heterocycles. The number of unbranched alkanes of at least 4 members (excludes halogenated alkanes) is 9. The summed E-state index contributed by atoms with van der Waals surface area (Å²) in [6.07, 6.45) is 11.1. The van der Waals surface area contributed by atoms with Gasteiger partial charge in [0, 0.05) is 13.0 Å². The third-order valence-electron chi connectivity index (χ3n) is 3.30. The summed E-state index contributed by atoms with van der Waals surface area (Å²) >= 11 is 0. The van der Waals surface area contributed by atoms with Crippen LogP contribution >= 0.6 is 0 Å². The molecular formula is C15H30N2O2S. The summed E-state index contributed by atoms with van der Waals surface area (Å²) in [6.45, 7) is 2.64. The van der Waals surface area contributed by atoms with Gasteiger partial charge in [0.05, 0.1) is 11.8 Å². The Morgan fingerprint density at radius 1 is 0.900 bits per heavy atom. The molecule has 0 aromatic heterocycles. The van der Waals surface area contributed by atoms with E-state index in [0.717, 1.165) is 51.4 Å². The van der Waals surface area contributed by atoms with Crippen LogP contribution in [0.3, 0.4) is 0 Å². The van der Waals surface area contributed by atoms with Gasteiger partial charge in [0.15, 0.2) is 0 Å². The third-order valence-corrected chi connectivity index (χ3v) is 4.77. The lowest BCUT2D eigenvalue weighted by Gasteiger charge is -2.06. The van der Waals surface area contributed by atoms with Gasteiger partial charge < -0.3 is 0 Å². The fourth-order valence-electron chi connectivity index (χ4n) is 2.05. The first-order chi connectivity index (χ1) is 9.62. The summed E-state index contributed by atoms with van der Waals surface area (Å²) in [5.74, 6) is 0.264. The van der Waals surface area contributed by atoms with Gasteiger partial charge >= 0.3 is 0 Å². The Morgan fingerprint density at radius 2 is 1.50 bits per heavy atom. The average molecular weight is 302 g/mol. The van der Waals surface area contributed by atoms with Gasteiger partial charge in [-0.25, -0.2) is 13.1 Å². The molecule has 4 nitrogen and oxygen atoms in total. The first kappa shape index (κ1) is 19.4. The third kappa shape index (κ3) is 13.8. The van der Waals surface area contributed by atoms with E-state index in [1.54, 1.807) is 0 Å². The maximum Gasteiger partial charge on any atom is 0.211 e. The van der Waals surface area contributed by atoms with Crippen molar-refractivity contribution < 1.29 is 8.42 Å². The summed E-state index contributed by atoms with van der Waals surface area (Å²) in [4.78, 5) is 0. The van der Waals surface area contributed by atoms with Gasteiger partial charge in [0.2, 0.25) is 10.0 Å². The smallest absolute Gasteiger partial charge is 0.211 e. The SMILES string of the molecule is CCCCCS(=O)(=O)NCCCCCCCCCC#N. The van der Waals surface area contributed by atoms with Crippen LogP contribution in [0.1, 0.15) is 77.6 Å². The molecule has 20 heavy (non-hydrogen) atoms. The minimum atomic E-state index is -3.04. The fourth-order valence-corrected chi connectivity index (χ4v) is 3.24. The van der Waals surface area contributed by atoms with Crippen molar-refractivity contribution in [2.75, 3.05) is 12.3 Å². The van der Waals surface area contributed by atoms with Gasteiger partial charge in [-0.15, -0.1) is 0 Å². The van der Waals surface area contributed by atoms with Gasteiger partial charge in [-0.1, -0.05) is 51.9 Å². The molecular weight excluding hydrogens is 272 g/mol. The molecule has 1 N–H and O–H groups in total. The molecule has 118 valence electrons. The van der Waals surface area contributed by atoms with Gasteiger partial charge in [0.1, 0.15) is 0 Å². The number of nitrogens with zero attached hydrogens (tertiary/aromatic N) is 1. The van der Waals surface area contributed by atoms with E-state index < -0.39 is 10.0 Å². The summed E-state index contributed by atoms with van der Waals surface area (Å²) in [7, 11) is -3.04. The number of rotatable bonds is 14. The number of hydrogen-bond acceptors (Lipinski definition) is 3. The second kappa shape index (κ2) is 13.4. The Kier molecular flexibility index (Phi) is 13.0. The van der Waals surface area contributed by atoms with Gasteiger partial charge in [-0.3, -0.25) is 0 Å². The van der Waals surface area contributed by atoms with Crippen molar-refractivity contribution in [3.63, 3.8) is 0 Å². The van der Waals surface area contributed by atoms with Crippen molar-refractivity contribution in [3.8, 4) is 6.07 Å². The van der Waals surface area contributed by atoms with Gasteiger partial charge in [-0.2, -0.15) is 5.26 Å². The van der Waals surface area contributed by atoms with Crippen LogP contribution < -0.4 is 4.72 Å². The maximum absolute atomic E-state index is 11.6. The highest BCUT2D eigenvalue weighted by molar-refractivity contribution is 7.89. The number of sulfonamides is 1. The average Bonchev–Trinajstić information content (AvgIpc) is 2.41. The Hall–Kier alpha value is -0.600. The van der Waals surface area contributed by atoms with Crippen LogP contribution in [-0.2, 0) is 10.0 Å². The lowest BCUT2D eigenvalue weighted by Crippen LogP contribution is -2.27. The molecule has 0 saturated carbocycles. The highest BCUT2D eigenvalue weighted by Crippen LogP contribution is 2.08. The van der Waals surface area contributed by atoms with Gasteiger partial charge in [-0.05, 0) is 19.3 Å². The second-order valence-corrected chi connectivity index (χ2v) is 7.23. The van der Waals surface area contributed by atoms with E-state index in [1.165, 1.54) is 12.8 Å². The maximum atomic E-state index is 11.6. The predicted octanol–water partition coefficient (Wildman–Crippen LogP) is 3.74. The molecule has 0 fully saturated rings. The lowest BCUT2D eigenvalue weighted by atomic mass is 10.1. The van der Waals surface area contributed by atoms with Crippen molar-refractivity contribution in [2.24, 2.45) is 0 Å². The van der Waals surface area contributed by atoms with E-state index in [2.05, 4.69) is 17.7 Å². The van der Waals surface area contributed by atoms with Crippen molar-refractivity contribution in [3.05, 3.63) is 0 Å². The van der Waals surface area contributed by atoms with Crippen LogP contribution in [0.5, 0.6) is 0 Å². The first-order valence-corrected chi connectivity index (χ1v) is 9.62. The molecule has 0 aromatic rings. The predicted molar refractivity (Wildman–Crippen MR) is 83.9 cm³/mol. The highest BCUT2D eigenvalue weighted by atomic mass is 32.2. The quantitative estimate of drug-likeness (QED) is 0.497. The molecule has 0 amide bonds. The summed E-state index contributed by atoms with van der Waals surface area (Å²) in [5, 5.41) is 8.39. The second-order valence-electron chi connectivity index (χ2n) is 5.30. The molecule has 0 aliphatic carbocycles. The molecule has 0 aromatic carbocycles. The van der Waals surface area contributed by atoms with Crippen LogP contribution in [0.2, 0.25) is 0 Å². The number of nitriles is 1. The molecule has 0 bridgehead atoms. The monoisotopic (exact) mass is 302 g/mol. The molecule has 0 aliphatic rings. The van der Waals surface area contributed by atoms with Crippen molar-refractivity contribution >= 4 is 10.0 Å². The fraction of sp³-hybridized carbons (Fsp3) is 0.933. The van der Waals surface area contributed by atoms with E-state index in [0.29, 0.717) is 13.0 Å². The summed E-state index contributed by atoms with van der Waals surface area (Å²) in [5.41, 5.74) is 0. The van der Waals surface area contributed by atoms with E-state index in [-0.39, 0.29) is 5.75 Å². The number of nitrogens with one attached hydrogen (secondary N) is 1. The van der Waals surface area contributed by atoms with E-state index >= 15 is 0 Å². The van der Waals surface area contributed by atoms with Crippen molar-refractivity contribution in [2.45, 2.75) is 77.6 Å². The zero-order valence-electron chi connectivity index (χ0n) is 12.9. The Morgan fingerprint density at radius 3 is 2.10 bits per heavy atom. The molecule has 0 radical (unpaired) electrons. The molecule has 0 atom stereocenters.